The molecule has 1 fully saturated rings. The van der Waals surface area contributed by atoms with Crippen molar-refractivity contribution in [3.63, 3.8) is 0 Å². The minimum absolute atomic E-state index is 0.173. The van der Waals surface area contributed by atoms with Crippen LogP contribution < -0.4 is 4.90 Å². The maximum absolute atomic E-state index is 13.4. The van der Waals surface area contributed by atoms with Crippen molar-refractivity contribution in [2.45, 2.75) is 4.90 Å². The molecule has 4 rings (SSSR count). The van der Waals surface area contributed by atoms with Crippen LogP contribution in [0.3, 0.4) is 0 Å². The second kappa shape index (κ2) is 7.44. The molecule has 0 spiro atoms. The van der Waals surface area contributed by atoms with Crippen LogP contribution in [0.2, 0.25) is 0 Å². The summed E-state index contributed by atoms with van der Waals surface area (Å²) in [4.78, 5) is 22.3. The molecular weight excluding hydrogens is 388 g/mol. The van der Waals surface area contributed by atoms with Crippen molar-refractivity contribution >= 4 is 44.4 Å². The third-order valence-electron chi connectivity index (χ3n) is 4.59. The molecule has 0 N–H and O–H groups in total. The Morgan fingerprint density at radius 1 is 1.11 bits per heavy atom. The zero-order chi connectivity index (χ0) is 19.0. The Hall–Kier alpha value is -2.19. The molecule has 1 aliphatic rings. The van der Waals surface area contributed by atoms with E-state index in [2.05, 4.69) is 17.0 Å². The summed E-state index contributed by atoms with van der Waals surface area (Å²) in [6, 6.07) is 9.44. The van der Waals surface area contributed by atoms with E-state index in [9.17, 15) is 13.6 Å². The first-order chi connectivity index (χ1) is 13.1. The number of nitrogens with zero attached hydrogens (tertiary/aromatic N) is 3. The van der Waals surface area contributed by atoms with E-state index in [1.165, 1.54) is 6.07 Å². The number of hydrogen-bond acceptors (Lipinski definition) is 5. The molecule has 0 saturated carbocycles. The summed E-state index contributed by atoms with van der Waals surface area (Å²) >= 11 is 3.33. The van der Waals surface area contributed by atoms with Gasteiger partial charge in [0.15, 0.2) is 16.8 Å². The third kappa shape index (κ3) is 3.51. The molecule has 1 amide bonds. The van der Waals surface area contributed by atoms with E-state index in [1.807, 2.05) is 12.3 Å². The molecule has 2 aromatic carbocycles. The molecule has 0 aliphatic carbocycles. The minimum atomic E-state index is -1.00. The summed E-state index contributed by atoms with van der Waals surface area (Å²) in [5.74, 6) is -2.22. The second-order valence-corrected chi connectivity index (χ2v) is 8.07. The lowest BCUT2D eigenvalue weighted by Crippen LogP contribution is -2.48. The Bertz CT molecular complexity index is 1000. The van der Waals surface area contributed by atoms with Crippen LogP contribution >= 0.6 is 23.1 Å². The number of hydrogen-bond donors (Lipinski definition) is 0. The Kier molecular flexibility index (Phi) is 5.01. The summed E-state index contributed by atoms with van der Waals surface area (Å²) in [6.07, 6.45) is 2.04. The summed E-state index contributed by atoms with van der Waals surface area (Å²) in [7, 11) is 0. The average molecular weight is 405 g/mol. The maximum Gasteiger partial charge on any atom is 0.254 e. The van der Waals surface area contributed by atoms with Crippen LogP contribution in [0.1, 0.15) is 10.4 Å². The van der Waals surface area contributed by atoms with Gasteiger partial charge in [0.2, 0.25) is 0 Å². The Balaban J connectivity index is 1.47. The zero-order valence-corrected chi connectivity index (χ0v) is 16.2. The average Bonchev–Trinajstić information content (AvgIpc) is 3.14. The van der Waals surface area contributed by atoms with Crippen LogP contribution in [0, 0.1) is 11.6 Å². The van der Waals surface area contributed by atoms with Gasteiger partial charge in [-0.1, -0.05) is 17.4 Å². The van der Waals surface area contributed by atoms with Crippen LogP contribution in [0.4, 0.5) is 13.9 Å². The highest BCUT2D eigenvalue weighted by Gasteiger charge is 2.24. The lowest BCUT2D eigenvalue weighted by atomic mass is 10.1. The fourth-order valence-electron chi connectivity index (χ4n) is 3.12. The third-order valence-corrected chi connectivity index (χ3v) is 6.45. The van der Waals surface area contributed by atoms with Gasteiger partial charge in [-0.05, 0) is 36.6 Å². The minimum Gasteiger partial charge on any atom is -0.345 e. The van der Waals surface area contributed by atoms with Gasteiger partial charge in [-0.3, -0.25) is 4.79 Å². The van der Waals surface area contributed by atoms with Crippen LogP contribution in [0.5, 0.6) is 0 Å². The highest BCUT2D eigenvalue weighted by Crippen LogP contribution is 2.34. The molecule has 1 aliphatic heterocycles. The van der Waals surface area contributed by atoms with E-state index in [0.29, 0.717) is 26.2 Å². The van der Waals surface area contributed by atoms with E-state index in [4.69, 9.17) is 4.98 Å². The Morgan fingerprint density at radius 2 is 1.89 bits per heavy atom. The molecule has 1 aromatic heterocycles. The van der Waals surface area contributed by atoms with Gasteiger partial charge < -0.3 is 9.80 Å². The standard InChI is InChI=1S/C19H17F2N3OS2/c1-26-15-3-2-4-16-17(15)22-19(27-16)24-9-7-23(8-10-24)18(25)12-5-6-13(20)14(21)11-12/h2-6,11H,7-10H2,1H3. The number of halogens is 2. The molecule has 8 heteroatoms. The SMILES string of the molecule is CSc1cccc2sc(N3CCN(C(=O)c4ccc(F)c(F)c4)CC3)nc12. The molecule has 0 radical (unpaired) electrons. The number of rotatable bonds is 3. The number of piperazine rings is 1. The van der Waals surface area contributed by atoms with Crippen molar-refractivity contribution in [2.75, 3.05) is 37.3 Å². The fourth-order valence-corrected chi connectivity index (χ4v) is 4.80. The Labute approximate surface area is 163 Å². The predicted molar refractivity (Wildman–Crippen MR) is 106 cm³/mol. The van der Waals surface area contributed by atoms with Gasteiger partial charge in [0.1, 0.15) is 0 Å². The molecule has 1 saturated heterocycles. The molecule has 3 aromatic rings. The number of anilines is 1. The Morgan fingerprint density at radius 3 is 2.59 bits per heavy atom. The number of thioether (sulfide) groups is 1. The first kappa shape index (κ1) is 18.2. The molecule has 4 nitrogen and oxygen atoms in total. The van der Waals surface area contributed by atoms with Crippen LogP contribution in [-0.2, 0) is 0 Å². The number of para-hydroxylation sites is 1. The first-order valence-electron chi connectivity index (χ1n) is 8.49. The summed E-state index contributed by atoms with van der Waals surface area (Å²) < 4.78 is 27.6. The van der Waals surface area contributed by atoms with Crippen molar-refractivity contribution in [1.82, 2.24) is 9.88 Å². The number of amides is 1. The van der Waals surface area contributed by atoms with E-state index in [1.54, 1.807) is 28.0 Å². The van der Waals surface area contributed by atoms with Crippen LogP contribution in [0.25, 0.3) is 10.2 Å². The largest absolute Gasteiger partial charge is 0.345 e. The number of aromatic nitrogens is 1. The van der Waals surface area contributed by atoms with Crippen molar-refractivity contribution < 1.29 is 13.6 Å². The van der Waals surface area contributed by atoms with Gasteiger partial charge in [-0.25, -0.2) is 13.8 Å². The van der Waals surface area contributed by atoms with E-state index < -0.39 is 11.6 Å². The molecule has 0 atom stereocenters. The van der Waals surface area contributed by atoms with Crippen molar-refractivity contribution in [1.29, 1.82) is 0 Å². The number of carbonyl (C=O) groups excluding carboxylic acids is 1. The number of thiazole rings is 1. The number of benzene rings is 2. The topological polar surface area (TPSA) is 36.4 Å². The van der Waals surface area contributed by atoms with E-state index in [-0.39, 0.29) is 11.5 Å². The van der Waals surface area contributed by atoms with Crippen LogP contribution in [-0.4, -0.2) is 48.2 Å². The lowest BCUT2D eigenvalue weighted by molar-refractivity contribution is 0.0746. The summed E-state index contributed by atoms with van der Waals surface area (Å²) in [5, 5.41) is 0.950. The normalized spacial score (nSPS) is 14.8. The molecule has 2 heterocycles. The van der Waals surface area contributed by atoms with Crippen molar-refractivity contribution in [2.24, 2.45) is 0 Å². The van der Waals surface area contributed by atoms with Crippen molar-refractivity contribution in [3.8, 4) is 0 Å². The first-order valence-corrected chi connectivity index (χ1v) is 10.5. The van der Waals surface area contributed by atoms with E-state index in [0.717, 1.165) is 32.4 Å². The molecule has 140 valence electrons. The monoisotopic (exact) mass is 405 g/mol. The highest BCUT2D eigenvalue weighted by atomic mass is 32.2. The van der Waals surface area contributed by atoms with Crippen LogP contribution in [0.15, 0.2) is 41.3 Å². The van der Waals surface area contributed by atoms with Gasteiger partial charge in [-0.15, -0.1) is 11.8 Å². The second-order valence-electron chi connectivity index (χ2n) is 6.21. The van der Waals surface area contributed by atoms with Crippen molar-refractivity contribution in [3.05, 3.63) is 53.6 Å². The maximum atomic E-state index is 13.4. The predicted octanol–water partition coefficient (Wildman–Crippen LogP) is 4.26. The van der Waals surface area contributed by atoms with Gasteiger partial charge in [-0.2, -0.15) is 0 Å². The summed E-state index contributed by atoms with van der Waals surface area (Å²) in [6.45, 7) is 2.35. The lowest BCUT2D eigenvalue weighted by Gasteiger charge is -2.34. The molecule has 0 unspecified atom stereocenters. The molecule has 27 heavy (non-hydrogen) atoms. The highest BCUT2D eigenvalue weighted by molar-refractivity contribution is 7.98. The zero-order valence-electron chi connectivity index (χ0n) is 14.6. The number of carbonyl (C=O) groups is 1. The van der Waals surface area contributed by atoms with E-state index >= 15 is 0 Å². The van der Waals surface area contributed by atoms with Gasteiger partial charge >= 0.3 is 0 Å². The quantitative estimate of drug-likeness (QED) is 0.610. The smallest absolute Gasteiger partial charge is 0.254 e. The summed E-state index contributed by atoms with van der Waals surface area (Å²) in [5.41, 5.74) is 1.19. The van der Waals surface area contributed by atoms with Gasteiger partial charge in [0.25, 0.3) is 5.91 Å². The van der Waals surface area contributed by atoms with Gasteiger partial charge in [0, 0.05) is 36.6 Å². The number of fused-ring (bicyclic) bond motifs is 1. The fraction of sp³-hybridized carbons (Fsp3) is 0.263. The molecular formula is C19H17F2N3OS2. The van der Waals surface area contributed by atoms with Gasteiger partial charge in [0.05, 0.1) is 10.2 Å². The molecule has 0 bridgehead atoms.